The molecule has 1 atom stereocenters. The zero-order valence-corrected chi connectivity index (χ0v) is 15.0. The largest absolute Gasteiger partial charge is 0.484 e. The minimum absolute atomic E-state index is 0.0168. The van der Waals surface area contributed by atoms with Gasteiger partial charge in [-0.15, -0.1) is 0 Å². The van der Waals surface area contributed by atoms with E-state index in [1.165, 1.54) is 19.3 Å². The maximum atomic E-state index is 11.8. The van der Waals surface area contributed by atoms with Crippen molar-refractivity contribution >= 4 is 11.8 Å². The maximum absolute atomic E-state index is 11.8. The molecule has 1 aliphatic rings. The molecule has 1 aromatic carbocycles. The summed E-state index contributed by atoms with van der Waals surface area (Å²) >= 11 is 0. The molecule has 0 aliphatic carbocycles. The fourth-order valence-corrected chi connectivity index (χ4v) is 2.96. The topological polar surface area (TPSA) is 70.7 Å². The molecule has 6 nitrogen and oxygen atoms in total. The summed E-state index contributed by atoms with van der Waals surface area (Å²) in [4.78, 5) is 25.9. The summed E-state index contributed by atoms with van der Waals surface area (Å²) in [5.41, 5.74) is 0. The number of nitrogens with one attached hydrogen (secondary N) is 2. The van der Waals surface area contributed by atoms with Gasteiger partial charge in [0, 0.05) is 19.1 Å². The van der Waals surface area contributed by atoms with Gasteiger partial charge in [-0.05, 0) is 44.9 Å². The quantitative estimate of drug-likeness (QED) is 0.665. The van der Waals surface area contributed by atoms with Gasteiger partial charge < -0.3 is 20.3 Å². The highest BCUT2D eigenvalue weighted by atomic mass is 16.5. The van der Waals surface area contributed by atoms with Crippen LogP contribution in [0.25, 0.3) is 0 Å². The molecule has 0 bridgehead atoms. The summed E-state index contributed by atoms with van der Waals surface area (Å²) in [6, 6.07) is 9.76. The Labute approximate surface area is 149 Å². The second kappa shape index (κ2) is 10.7. The molecule has 0 radical (unpaired) electrons. The molecule has 0 saturated carbocycles. The number of nitrogens with zero attached hydrogens (tertiary/aromatic N) is 1. The van der Waals surface area contributed by atoms with Gasteiger partial charge in [0.1, 0.15) is 5.75 Å². The van der Waals surface area contributed by atoms with E-state index in [2.05, 4.69) is 22.5 Å². The predicted octanol–water partition coefficient (Wildman–Crippen LogP) is 1.56. The summed E-state index contributed by atoms with van der Waals surface area (Å²) in [6.45, 7) is 4.97. The molecule has 1 fully saturated rings. The van der Waals surface area contributed by atoms with E-state index in [-0.39, 0.29) is 25.0 Å². The third-order valence-electron chi connectivity index (χ3n) is 4.44. The van der Waals surface area contributed by atoms with Crippen LogP contribution in [0.4, 0.5) is 0 Å². The summed E-state index contributed by atoms with van der Waals surface area (Å²) in [5, 5.41) is 5.41. The van der Waals surface area contributed by atoms with Crippen LogP contribution in [0.5, 0.6) is 5.75 Å². The molecular formula is C19H29N3O3. The Morgan fingerprint density at radius 1 is 1.16 bits per heavy atom. The lowest BCUT2D eigenvalue weighted by molar-refractivity contribution is -0.127. The standard InChI is InChI=1S/C19H29N3O3/c1-16-8-5-6-12-22(16)13-7-11-20-18(23)14-21-19(24)15-25-17-9-3-2-4-10-17/h2-4,9-10,16H,5-8,11-15H2,1H3,(H,20,23)(H,21,24)/t16-/m1/s1. The molecule has 1 aromatic rings. The number of benzene rings is 1. The van der Waals surface area contributed by atoms with E-state index in [4.69, 9.17) is 4.74 Å². The van der Waals surface area contributed by atoms with Crippen molar-refractivity contribution in [1.29, 1.82) is 0 Å². The summed E-state index contributed by atoms with van der Waals surface area (Å²) in [6.07, 6.45) is 4.79. The van der Waals surface area contributed by atoms with Crippen LogP contribution in [0.1, 0.15) is 32.6 Å². The Morgan fingerprint density at radius 2 is 1.96 bits per heavy atom. The van der Waals surface area contributed by atoms with Gasteiger partial charge in [-0.1, -0.05) is 24.6 Å². The van der Waals surface area contributed by atoms with Gasteiger partial charge in [-0.3, -0.25) is 9.59 Å². The van der Waals surface area contributed by atoms with Crippen molar-refractivity contribution < 1.29 is 14.3 Å². The van der Waals surface area contributed by atoms with Crippen LogP contribution >= 0.6 is 0 Å². The van der Waals surface area contributed by atoms with Gasteiger partial charge in [0.15, 0.2) is 6.61 Å². The zero-order valence-electron chi connectivity index (χ0n) is 15.0. The Hall–Kier alpha value is -2.08. The molecule has 1 heterocycles. The first-order valence-electron chi connectivity index (χ1n) is 9.10. The average Bonchev–Trinajstić information content (AvgIpc) is 2.64. The Kier molecular flexibility index (Phi) is 8.25. The maximum Gasteiger partial charge on any atom is 0.258 e. The normalized spacial score (nSPS) is 17.7. The second-order valence-electron chi connectivity index (χ2n) is 6.46. The number of hydrogen-bond donors (Lipinski definition) is 2. The van der Waals surface area contributed by atoms with Crippen LogP contribution in [0.2, 0.25) is 0 Å². The molecule has 6 heteroatoms. The van der Waals surface area contributed by atoms with Crippen LogP contribution in [-0.2, 0) is 9.59 Å². The highest BCUT2D eigenvalue weighted by molar-refractivity contribution is 5.85. The first-order chi connectivity index (χ1) is 12.1. The molecule has 25 heavy (non-hydrogen) atoms. The molecule has 138 valence electrons. The number of hydrogen-bond acceptors (Lipinski definition) is 4. The lowest BCUT2D eigenvalue weighted by Gasteiger charge is -2.33. The Bertz CT molecular complexity index is 536. The molecule has 0 spiro atoms. The number of carbonyl (C=O) groups is 2. The van der Waals surface area contributed by atoms with E-state index in [9.17, 15) is 9.59 Å². The van der Waals surface area contributed by atoms with Gasteiger partial charge in [0.05, 0.1) is 6.54 Å². The highest BCUT2D eigenvalue weighted by Gasteiger charge is 2.17. The first-order valence-corrected chi connectivity index (χ1v) is 9.10. The SMILES string of the molecule is C[C@@H]1CCCCN1CCCNC(=O)CNC(=O)COc1ccccc1. The summed E-state index contributed by atoms with van der Waals surface area (Å²) in [5.74, 6) is 0.162. The molecule has 2 rings (SSSR count). The predicted molar refractivity (Wildman–Crippen MR) is 97.5 cm³/mol. The van der Waals surface area contributed by atoms with Crippen molar-refractivity contribution in [3.63, 3.8) is 0 Å². The molecule has 1 aliphatic heterocycles. The van der Waals surface area contributed by atoms with Gasteiger partial charge in [-0.2, -0.15) is 0 Å². The number of rotatable bonds is 9. The van der Waals surface area contributed by atoms with E-state index < -0.39 is 0 Å². The minimum atomic E-state index is -0.304. The fraction of sp³-hybridized carbons (Fsp3) is 0.579. The Balaban J connectivity index is 1.51. The summed E-state index contributed by atoms with van der Waals surface area (Å²) < 4.78 is 5.33. The lowest BCUT2D eigenvalue weighted by Crippen LogP contribution is -2.41. The molecular weight excluding hydrogens is 318 g/mol. The van der Waals surface area contributed by atoms with Crippen molar-refractivity contribution in [3.05, 3.63) is 30.3 Å². The van der Waals surface area contributed by atoms with E-state index in [1.807, 2.05) is 18.2 Å². The van der Waals surface area contributed by atoms with Crippen LogP contribution < -0.4 is 15.4 Å². The van der Waals surface area contributed by atoms with Crippen molar-refractivity contribution in [2.75, 3.05) is 32.8 Å². The monoisotopic (exact) mass is 347 g/mol. The van der Waals surface area contributed by atoms with Crippen molar-refractivity contribution in [2.24, 2.45) is 0 Å². The van der Waals surface area contributed by atoms with Crippen LogP contribution in [0, 0.1) is 0 Å². The third-order valence-corrected chi connectivity index (χ3v) is 4.44. The number of amides is 2. The molecule has 0 unspecified atom stereocenters. The number of carbonyl (C=O) groups excluding carboxylic acids is 2. The van der Waals surface area contributed by atoms with Crippen LogP contribution in [0.3, 0.4) is 0 Å². The number of ether oxygens (including phenoxy) is 1. The van der Waals surface area contributed by atoms with Crippen molar-refractivity contribution in [2.45, 2.75) is 38.6 Å². The molecule has 2 N–H and O–H groups in total. The zero-order chi connectivity index (χ0) is 17.9. The first kappa shape index (κ1) is 19.2. The van der Waals surface area contributed by atoms with Crippen LogP contribution in [0.15, 0.2) is 30.3 Å². The molecule has 0 aromatic heterocycles. The molecule has 2 amide bonds. The molecule has 1 saturated heterocycles. The Morgan fingerprint density at radius 3 is 2.72 bits per heavy atom. The van der Waals surface area contributed by atoms with E-state index in [0.29, 0.717) is 18.3 Å². The highest BCUT2D eigenvalue weighted by Crippen LogP contribution is 2.16. The van der Waals surface area contributed by atoms with Crippen molar-refractivity contribution in [1.82, 2.24) is 15.5 Å². The number of para-hydroxylation sites is 1. The fourth-order valence-electron chi connectivity index (χ4n) is 2.96. The van der Waals surface area contributed by atoms with E-state index in [1.54, 1.807) is 12.1 Å². The van der Waals surface area contributed by atoms with E-state index in [0.717, 1.165) is 19.5 Å². The minimum Gasteiger partial charge on any atom is -0.484 e. The summed E-state index contributed by atoms with van der Waals surface area (Å²) in [7, 11) is 0. The lowest BCUT2D eigenvalue weighted by atomic mass is 10.0. The third kappa shape index (κ3) is 7.56. The van der Waals surface area contributed by atoms with E-state index >= 15 is 0 Å². The smallest absolute Gasteiger partial charge is 0.258 e. The van der Waals surface area contributed by atoms with Crippen LogP contribution in [-0.4, -0.2) is 55.5 Å². The van der Waals surface area contributed by atoms with Gasteiger partial charge in [0.2, 0.25) is 5.91 Å². The number of piperidine rings is 1. The van der Waals surface area contributed by atoms with Gasteiger partial charge in [-0.25, -0.2) is 0 Å². The van der Waals surface area contributed by atoms with Crippen molar-refractivity contribution in [3.8, 4) is 5.75 Å². The van der Waals surface area contributed by atoms with Gasteiger partial charge >= 0.3 is 0 Å². The van der Waals surface area contributed by atoms with Gasteiger partial charge in [0.25, 0.3) is 5.91 Å². The second-order valence-corrected chi connectivity index (χ2v) is 6.46. The number of likely N-dealkylation sites (tertiary alicyclic amines) is 1. The average molecular weight is 347 g/mol.